The van der Waals surface area contributed by atoms with Gasteiger partial charge in [0.25, 0.3) is 5.91 Å². The van der Waals surface area contributed by atoms with Gasteiger partial charge < -0.3 is 10.0 Å². The minimum absolute atomic E-state index is 0.0581. The molecule has 0 bridgehead atoms. The monoisotopic (exact) mass is 302 g/mol. The zero-order valence-corrected chi connectivity index (χ0v) is 12.9. The normalized spacial score (nSPS) is 25.6. The lowest BCUT2D eigenvalue weighted by molar-refractivity contribution is 0.0697. The molecule has 1 N–H and O–H groups in total. The first kappa shape index (κ1) is 15.0. The average molecular weight is 302 g/mol. The lowest BCUT2D eigenvalue weighted by atomic mass is 10.1. The van der Waals surface area contributed by atoms with E-state index < -0.39 is 5.97 Å². The molecule has 2 fully saturated rings. The molecule has 1 aromatic rings. The van der Waals surface area contributed by atoms with Crippen molar-refractivity contribution in [1.29, 1.82) is 0 Å². The SMILES string of the molecule is CC1C(N2CCCC2)CCN1C(=O)c1cccc(C(=O)O)c1. The molecule has 2 aliphatic heterocycles. The number of amides is 1. The maximum absolute atomic E-state index is 12.7. The van der Waals surface area contributed by atoms with Crippen LogP contribution < -0.4 is 0 Å². The number of likely N-dealkylation sites (tertiary alicyclic amines) is 2. The number of carbonyl (C=O) groups is 2. The summed E-state index contributed by atoms with van der Waals surface area (Å²) in [5, 5.41) is 9.06. The second-order valence-corrected chi connectivity index (χ2v) is 6.22. The number of hydrogen-bond donors (Lipinski definition) is 1. The molecule has 118 valence electrons. The third-order valence-electron chi connectivity index (χ3n) is 4.94. The van der Waals surface area contributed by atoms with Crippen molar-refractivity contribution in [3.05, 3.63) is 35.4 Å². The van der Waals surface area contributed by atoms with Crippen molar-refractivity contribution in [1.82, 2.24) is 9.80 Å². The summed E-state index contributed by atoms with van der Waals surface area (Å²) in [7, 11) is 0. The predicted octanol–water partition coefficient (Wildman–Crippen LogP) is 2.08. The van der Waals surface area contributed by atoms with Crippen molar-refractivity contribution in [3.63, 3.8) is 0 Å². The lowest BCUT2D eigenvalue weighted by Gasteiger charge is -2.30. The largest absolute Gasteiger partial charge is 0.478 e. The van der Waals surface area contributed by atoms with Crippen molar-refractivity contribution >= 4 is 11.9 Å². The first-order chi connectivity index (χ1) is 10.6. The topological polar surface area (TPSA) is 60.9 Å². The number of aromatic carboxylic acids is 1. The van der Waals surface area contributed by atoms with Gasteiger partial charge in [-0.05, 0) is 57.5 Å². The summed E-state index contributed by atoms with van der Waals surface area (Å²) in [6, 6.07) is 6.94. The van der Waals surface area contributed by atoms with Crippen LogP contribution in [0.3, 0.4) is 0 Å². The number of nitrogens with zero attached hydrogens (tertiary/aromatic N) is 2. The molecular weight excluding hydrogens is 280 g/mol. The van der Waals surface area contributed by atoms with Crippen LogP contribution in [0.15, 0.2) is 24.3 Å². The van der Waals surface area contributed by atoms with Crippen molar-refractivity contribution in [2.75, 3.05) is 19.6 Å². The fraction of sp³-hybridized carbons (Fsp3) is 0.529. The molecule has 0 radical (unpaired) electrons. The maximum atomic E-state index is 12.7. The van der Waals surface area contributed by atoms with Crippen LogP contribution in [0.2, 0.25) is 0 Å². The maximum Gasteiger partial charge on any atom is 0.335 e. The van der Waals surface area contributed by atoms with Crippen LogP contribution >= 0.6 is 0 Å². The van der Waals surface area contributed by atoms with Crippen molar-refractivity contribution in [3.8, 4) is 0 Å². The van der Waals surface area contributed by atoms with Gasteiger partial charge in [0.1, 0.15) is 0 Å². The molecule has 2 atom stereocenters. The van der Waals surface area contributed by atoms with Gasteiger partial charge in [-0.3, -0.25) is 9.69 Å². The molecule has 0 aliphatic carbocycles. The summed E-state index contributed by atoms with van der Waals surface area (Å²) in [4.78, 5) is 28.1. The summed E-state index contributed by atoms with van der Waals surface area (Å²) in [6.07, 6.45) is 3.50. The van der Waals surface area contributed by atoms with Crippen LogP contribution in [0, 0.1) is 0 Å². The van der Waals surface area contributed by atoms with Crippen LogP contribution in [0.4, 0.5) is 0 Å². The predicted molar refractivity (Wildman–Crippen MR) is 83.1 cm³/mol. The average Bonchev–Trinajstić information content (AvgIpc) is 3.16. The smallest absolute Gasteiger partial charge is 0.335 e. The second kappa shape index (κ2) is 6.08. The zero-order valence-electron chi connectivity index (χ0n) is 12.9. The molecule has 3 rings (SSSR count). The molecule has 2 saturated heterocycles. The zero-order chi connectivity index (χ0) is 15.7. The number of carboxylic acids is 1. The van der Waals surface area contributed by atoms with Crippen LogP contribution in [0.5, 0.6) is 0 Å². The molecular formula is C17H22N2O3. The number of rotatable bonds is 3. The Morgan fingerprint density at radius 3 is 2.50 bits per heavy atom. The summed E-state index contributed by atoms with van der Waals surface area (Å²) in [5.41, 5.74) is 0.627. The Bertz CT molecular complexity index is 581. The minimum atomic E-state index is -1.00. The molecule has 22 heavy (non-hydrogen) atoms. The first-order valence-electron chi connectivity index (χ1n) is 7.96. The molecule has 1 aromatic carbocycles. The van der Waals surface area contributed by atoms with Gasteiger partial charge in [0.05, 0.1) is 5.56 Å². The molecule has 2 heterocycles. The van der Waals surface area contributed by atoms with E-state index in [2.05, 4.69) is 11.8 Å². The molecule has 0 aromatic heterocycles. The standard InChI is InChI=1S/C17H22N2O3/c1-12-15(18-8-2-3-9-18)7-10-19(12)16(20)13-5-4-6-14(11-13)17(21)22/h4-6,11-12,15H,2-3,7-10H2,1H3,(H,21,22). The van der Waals surface area contributed by atoms with E-state index in [4.69, 9.17) is 5.11 Å². The minimum Gasteiger partial charge on any atom is -0.478 e. The number of carboxylic acid groups (broad SMARTS) is 1. The molecule has 5 nitrogen and oxygen atoms in total. The number of hydrogen-bond acceptors (Lipinski definition) is 3. The summed E-state index contributed by atoms with van der Waals surface area (Å²) in [5.74, 6) is -1.06. The summed E-state index contributed by atoms with van der Waals surface area (Å²) < 4.78 is 0. The fourth-order valence-corrected chi connectivity index (χ4v) is 3.72. The summed E-state index contributed by atoms with van der Waals surface area (Å²) in [6.45, 7) is 5.12. The molecule has 5 heteroatoms. The van der Waals surface area contributed by atoms with E-state index in [0.717, 1.165) is 26.1 Å². The van der Waals surface area contributed by atoms with E-state index in [0.29, 0.717) is 11.6 Å². The number of carbonyl (C=O) groups excluding carboxylic acids is 1. The molecule has 2 aliphatic rings. The highest BCUT2D eigenvalue weighted by atomic mass is 16.4. The Balaban J connectivity index is 1.75. The fourth-order valence-electron chi connectivity index (χ4n) is 3.72. The van der Waals surface area contributed by atoms with Crippen molar-refractivity contribution < 1.29 is 14.7 Å². The van der Waals surface area contributed by atoms with E-state index >= 15 is 0 Å². The Hall–Kier alpha value is -1.88. The molecule has 1 amide bonds. The Morgan fingerprint density at radius 2 is 1.82 bits per heavy atom. The van der Waals surface area contributed by atoms with Gasteiger partial charge in [0.15, 0.2) is 0 Å². The van der Waals surface area contributed by atoms with Gasteiger partial charge in [0.2, 0.25) is 0 Å². The lowest BCUT2D eigenvalue weighted by Crippen LogP contribution is -2.44. The van der Waals surface area contributed by atoms with Crippen LogP contribution in [0.25, 0.3) is 0 Å². The third kappa shape index (κ3) is 2.73. The van der Waals surface area contributed by atoms with E-state index in [-0.39, 0.29) is 17.5 Å². The van der Waals surface area contributed by atoms with Crippen LogP contribution in [-0.2, 0) is 0 Å². The third-order valence-corrected chi connectivity index (χ3v) is 4.94. The van der Waals surface area contributed by atoms with Gasteiger partial charge in [0, 0.05) is 24.2 Å². The van der Waals surface area contributed by atoms with Gasteiger partial charge in [-0.2, -0.15) is 0 Å². The molecule has 0 spiro atoms. The van der Waals surface area contributed by atoms with Gasteiger partial charge in [-0.25, -0.2) is 4.79 Å². The van der Waals surface area contributed by atoms with E-state index in [1.54, 1.807) is 12.1 Å². The highest BCUT2D eigenvalue weighted by molar-refractivity contribution is 5.97. The van der Waals surface area contributed by atoms with E-state index in [1.165, 1.54) is 25.0 Å². The Morgan fingerprint density at radius 1 is 1.14 bits per heavy atom. The first-order valence-corrected chi connectivity index (χ1v) is 7.96. The molecule has 2 unspecified atom stereocenters. The quantitative estimate of drug-likeness (QED) is 0.928. The van der Waals surface area contributed by atoms with Gasteiger partial charge in [-0.1, -0.05) is 6.07 Å². The highest BCUT2D eigenvalue weighted by Gasteiger charge is 2.38. The van der Waals surface area contributed by atoms with Gasteiger partial charge in [-0.15, -0.1) is 0 Å². The second-order valence-electron chi connectivity index (χ2n) is 6.22. The number of benzene rings is 1. The van der Waals surface area contributed by atoms with Gasteiger partial charge >= 0.3 is 5.97 Å². The van der Waals surface area contributed by atoms with Crippen molar-refractivity contribution in [2.45, 2.75) is 38.3 Å². The summed E-state index contributed by atoms with van der Waals surface area (Å²) >= 11 is 0. The van der Waals surface area contributed by atoms with E-state index in [9.17, 15) is 9.59 Å². The Kier molecular flexibility index (Phi) is 4.16. The van der Waals surface area contributed by atoms with Crippen molar-refractivity contribution in [2.24, 2.45) is 0 Å². The molecule has 0 saturated carbocycles. The van der Waals surface area contributed by atoms with Crippen LogP contribution in [0.1, 0.15) is 46.9 Å². The Labute approximate surface area is 130 Å². The highest BCUT2D eigenvalue weighted by Crippen LogP contribution is 2.27. The van der Waals surface area contributed by atoms with E-state index in [1.807, 2.05) is 4.90 Å². The van der Waals surface area contributed by atoms with Crippen LogP contribution in [-0.4, -0.2) is 58.5 Å².